The van der Waals surface area contributed by atoms with Crippen molar-refractivity contribution < 1.29 is 9.59 Å². The van der Waals surface area contributed by atoms with Crippen LogP contribution in [-0.4, -0.2) is 60.9 Å². The van der Waals surface area contributed by atoms with Crippen molar-refractivity contribution in [3.8, 4) is 0 Å². The maximum Gasteiger partial charge on any atom is 0.312 e. The van der Waals surface area contributed by atoms with Gasteiger partial charge in [0.15, 0.2) is 0 Å². The molecule has 1 atom stereocenters. The largest absolute Gasteiger partial charge is 0.334 e. The van der Waals surface area contributed by atoms with Gasteiger partial charge in [-0.3, -0.25) is 9.59 Å². The minimum absolute atomic E-state index is 0.289. The van der Waals surface area contributed by atoms with Crippen LogP contribution in [-0.2, 0) is 9.59 Å². The predicted molar refractivity (Wildman–Crippen MR) is 84.8 cm³/mol. The fourth-order valence-electron chi connectivity index (χ4n) is 3.09. The van der Waals surface area contributed by atoms with Crippen LogP contribution in [0.25, 0.3) is 0 Å². The van der Waals surface area contributed by atoms with Crippen LogP contribution < -0.4 is 5.32 Å². The number of rotatable bonds is 1. The van der Waals surface area contributed by atoms with Crippen molar-refractivity contribution in [3.63, 3.8) is 0 Å². The summed E-state index contributed by atoms with van der Waals surface area (Å²) in [5, 5.41) is 3.89. The van der Waals surface area contributed by atoms with Crippen LogP contribution in [0.4, 0.5) is 0 Å². The summed E-state index contributed by atoms with van der Waals surface area (Å²) in [5.41, 5.74) is 1.18. The molecule has 0 bridgehead atoms. The Morgan fingerprint density at radius 3 is 2.32 bits per heavy atom. The summed E-state index contributed by atoms with van der Waals surface area (Å²) in [6.07, 6.45) is 0.891. The van der Waals surface area contributed by atoms with Crippen molar-refractivity contribution in [1.29, 1.82) is 0 Å². The Hall–Kier alpha value is -1.59. The summed E-state index contributed by atoms with van der Waals surface area (Å²) in [4.78, 5) is 28.0. The number of carbonyl (C=O) groups excluding carboxylic acids is 2. The molecule has 118 valence electrons. The molecule has 0 radical (unpaired) electrons. The Bertz CT molecular complexity index is 555. The molecule has 3 rings (SSSR count). The van der Waals surface area contributed by atoms with Crippen molar-refractivity contribution >= 4 is 23.4 Å². The van der Waals surface area contributed by atoms with Crippen LogP contribution >= 0.6 is 11.6 Å². The third kappa shape index (κ3) is 3.25. The van der Waals surface area contributed by atoms with E-state index in [-0.39, 0.29) is 17.7 Å². The molecule has 2 amide bonds. The summed E-state index contributed by atoms with van der Waals surface area (Å²) < 4.78 is 0. The van der Waals surface area contributed by atoms with Crippen LogP contribution in [0.15, 0.2) is 24.3 Å². The van der Waals surface area contributed by atoms with Gasteiger partial charge < -0.3 is 15.1 Å². The highest BCUT2D eigenvalue weighted by Crippen LogP contribution is 2.28. The number of hydrogen-bond donors (Lipinski definition) is 1. The van der Waals surface area contributed by atoms with Crippen LogP contribution in [0.5, 0.6) is 0 Å². The highest BCUT2D eigenvalue weighted by atomic mass is 35.5. The predicted octanol–water partition coefficient (Wildman–Crippen LogP) is 1.09. The van der Waals surface area contributed by atoms with Crippen molar-refractivity contribution in [3.05, 3.63) is 34.9 Å². The zero-order valence-electron chi connectivity index (χ0n) is 12.4. The number of halogens is 1. The quantitative estimate of drug-likeness (QED) is 0.788. The molecule has 5 nitrogen and oxygen atoms in total. The van der Waals surface area contributed by atoms with Crippen molar-refractivity contribution in [2.75, 3.05) is 39.3 Å². The third-order valence-electron chi connectivity index (χ3n) is 4.40. The molecule has 2 heterocycles. The molecule has 22 heavy (non-hydrogen) atoms. The first-order valence-electron chi connectivity index (χ1n) is 7.69. The molecule has 0 spiro atoms. The first-order chi connectivity index (χ1) is 10.6. The number of hydrogen-bond acceptors (Lipinski definition) is 3. The van der Waals surface area contributed by atoms with Crippen molar-refractivity contribution in [2.45, 2.75) is 12.3 Å². The topological polar surface area (TPSA) is 52.7 Å². The average Bonchev–Trinajstić information content (AvgIpc) is 3.05. The molecule has 0 aliphatic carbocycles. The fourth-order valence-corrected chi connectivity index (χ4v) is 3.22. The Balaban J connectivity index is 1.60. The van der Waals surface area contributed by atoms with E-state index in [1.54, 1.807) is 9.80 Å². The van der Waals surface area contributed by atoms with E-state index >= 15 is 0 Å². The molecular weight excluding hydrogens is 302 g/mol. The SMILES string of the molecule is O=C(C(=O)N1CCC(c2ccc(Cl)cc2)C1)N1CCNCC1. The normalized spacial score (nSPS) is 22.0. The van der Waals surface area contributed by atoms with Crippen LogP contribution in [0.3, 0.4) is 0 Å². The lowest BCUT2D eigenvalue weighted by Crippen LogP contribution is -2.51. The van der Waals surface area contributed by atoms with Gasteiger partial charge in [-0.25, -0.2) is 0 Å². The van der Waals surface area contributed by atoms with Gasteiger partial charge in [0.05, 0.1) is 0 Å². The van der Waals surface area contributed by atoms with E-state index in [0.717, 1.165) is 19.5 Å². The van der Waals surface area contributed by atoms with Crippen LogP contribution in [0.1, 0.15) is 17.9 Å². The van der Waals surface area contributed by atoms with Gasteiger partial charge in [0.25, 0.3) is 0 Å². The smallest absolute Gasteiger partial charge is 0.312 e. The van der Waals surface area contributed by atoms with E-state index in [1.165, 1.54) is 5.56 Å². The number of benzene rings is 1. The Morgan fingerprint density at radius 2 is 1.64 bits per heavy atom. The molecule has 0 saturated carbocycles. The standard InChI is InChI=1S/C16H20ClN3O2/c17-14-3-1-12(2-4-14)13-5-8-20(11-13)16(22)15(21)19-9-6-18-7-10-19/h1-4,13,18H,5-11H2. The van der Waals surface area contributed by atoms with Gasteiger partial charge in [0.2, 0.25) is 0 Å². The minimum Gasteiger partial charge on any atom is -0.334 e. The van der Waals surface area contributed by atoms with Gasteiger partial charge in [-0.1, -0.05) is 23.7 Å². The number of carbonyl (C=O) groups is 2. The van der Waals surface area contributed by atoms with Crippen molar-refractivity contribution in [1.82, 2.24) is 15.1 Å². The van der Waals surface area contributed by atoms with Gasteiger partial charge in [0, 0.05) is 50.2 Å². The summed E-state index contributed by atoms with van der Waals surface area (Å²) in [6, 6.07) is 7.73. The maximum absolute atomic E-state index is 12.4. The van der Waals surface area contributed by atoms with Gasteiger partial charge >= 0.3 is 11.8 Å². The lowest BCUT2D eigenvalue weighted by atomic mass is 9.99. The maximum atomic E-state index is 12.4. The van der Waals surface area contributed by atoms with E-state index in [1.807, 2.05) is 24.3 Å². The zero-order valence-corrected chi connectivity index (χ0v) is 13.2. The molecular formula is C16H20ClN3O2. The number of nitrogens with one attached hydrogen (secondary N) is 1. The second-order valence-corrected chi connectivity index (χ2v) is 6.27. The first-order valence-corrected chi connectivity index (χ1v) is 8.07. The number of nitrogens with zero attached hydrogens (tertiary/aromatic N) is 2. The molecule has 1 N–H and O–H groups in total. The molecule has 2 fully saturated rings. The molecule has 0 aromatic heterocycles. The van der Waals surface area contributed by atoms with Gasteiger partial charge in [-0.05, 0) is 24.1 Å². The van der Waals surface area contributed by atoms with E-state index in [9.17, 15) is 9.59 Å². The van der Waals surface area contributed by atoms with E-state index in [4.69, 9.17) is 11.6 Å². The van der Waals surface area contributed by atoms with Crippen LogP contribution in [0.2, 0.25) is 5.02 Å². The number of piperazine rings is 1. The third-order valence-corrected chi connectivity index (χ3v) is 4.66. The highest BCUT2D eigenvalue weighted by Gasteiger charge is 2.33. The summed E-state index contributed by atoms with van der Waals surface area (Å²) in [7, 11) is 0. The Labute approximate surface area is 135 Å². The molecule has 2 saturated heterocycles. The monoisotopic (exact) mass is 321 g/mol. The number of likely N-dealkylation sites (tertiary alicyclic amines) is 1. The van der Waals surface area contributed by atoms with E-state index in [0.29, 0.717) is 31.2 Å². The molecule has 2 aliphatic heterocycles. The van der Waals surface area contributed by atoms with Gasteiger partial charge in [-0.15, -0.1) is 0 Å². The first kappa shape index (κ1) is 15.3. The van der Waals surface area contributed by atoms with Crippen LogP contribution in [0, 0.1) is 0 Å². The lowest BCUT2D eigenvalue weighted by Gasteiger charge is -2.28. The minimum atomic E-state index is -0.363. The van der Waals surface area contributed by atoms with Gasteiger partial charge in [0.1, 0.15) is 0 Å². The Morgan fingerprint density at radius 1 is 1.00 bits per heavy atom. The summed E-state index contributed by atoms with van der Waals surface area (Å²) >= 11 is 5.91. The lowest BCUT2D eigenvalue weighted by molar-refractivity contribution is -0.151. The summed E-state index contributed by atoms with van der Waals surface area (Å²) in [5.74, 6) is -0.436. The number of amides is 2. The second-order valence-electron chi connectivity index (χ2n) is 5.83. The van der Waals surface area contributed by atoms with Gasteiger partial charge in [-0.2, -0.15) is 0 Å². The fraction of sp³-hybridized carbons (Fsp3) is 0.500. The molecule has 1 aromatic rings. The Kier molecular flexibility index (Phi) is 4.64. The summed E-state index contributed by atoms with van der Waals surface area (Å²) in [6.45, 7) is 3.99. The highest BCUT2D eigenvalue weighted by molar-refractivity contribution is 6.35. The second kappa shape index (κ2) is 6.67. The van der Waals surface area contributed by atoms with E-state index < -0.39 is 0 Å². The molecule has 1 unspecified atom stereocenters. The average molecular weight is 322 g/mol. The molecule has 1 aromatic carbocycles. The van der Waals surface area contributed by atoms with E-state index in [2.05, 4.69) is 5.32 Å². The molecule has 2 aliphatic rings. The zero-order chi connectivity index (χ0) is 15.5. The van der Waals surface area contributed by atoms with Crippen molar-refractivity contribution in [2.24, 2.45) is 0 Å². The molecule has 6 heteroatoms.